The van der Waals surface area contributed by atoms with E-state index in [4.69, 9.17) is 18.0 Å². The molecule has 1 aliphatic rings. The second-order valence-electron chi connectivity index (χ2n) is 4.93. The Balaban J connectivity index is 1.84. The maximum Gasteiger partial charge on any atom is 0.236 e. The highest BCUT2D eigenvalue weighted by Gasteiger charge is 2.51. The van der Waals surface area contributed by atoms with E-state index in [2.05, 4.69) is 15.5 Å². The van der Waals surface area contributed by atoms with Gasteiger partial charge in [0.2, 0.25) is 5.91 Å². The number of hydrogen-bond acceptors (Lipinski definition) is 3. The number of nitrogens with one attached hydrogen (secondary N) is 2. The van der Waals surface area contributed by atoms with E-state index in [0.717, 1.165) is 18.4 Å². The molecular formula is C14H14N4OS. The Hall–Kier alpha value is -2.21. The number of H-pyrrole nitrogens is 1. The van der Waals surface area contributed by atoms with Crippen molar-refractivity contribution in [1.29, 1.82) is 0 Å². The van der Waals surface area contributed by atoms with E-state index in [1.54, 1.807) is 0 Å². The van der Waals surface area contributed by atoms with Crippen molar-refractivity contribution < 1.29 is 4.79 Å². The summed E-state index contributed by atoms with van der Waals surface area (Å²) in [6.07, 6.45) is 3.21. The lowest BCUT2D eigenvalue weighted by Crippen LogP contribution is -2.29. The summed E-state index contributed by atoms with van der Waals surface area (Å²) in [6, 6.07) is 9.79. The van der Waals surface area contributed by atoms with Gasteiger partial charge >= 0.3 is 0 Å². The summed E-state index contributed by atoms with van der Waals surface area (Å²) < 4.78 is 0. The van der Waals surface area contributed by atoms with Crippen molar-refractivity contribution in [2.75, 3.05) is 5.32 Å². The quantitative estimate of drug-likeness (QED) is 0.747. The molecule has 0 atom stereocenters. The molecule has 6 heteroatoms. The van der Waals surface area contributed by atoms with Gasteiger partial charge in [0.15, 0.2) is 0 Å². The molecule has 1 heterocycles. The number of nitrogens with zero attached hydrogens (tertiary/aromatic N) is 1. The Morgan fingerprint density at radius 1 is 1.35 bits per heavy atom. The first kappa shape index (κ1) is 12.8. The summed E-state index contributed by atoms with van der Waals surface area (Å²) in [5.74, 6) is 0.412. The Kier molecular flexibility index (Phi) is 3.02. The predicted molar refractivity (Wildman–Crippen MR) is 80.5 cm³/mol. The van der Waals surface area contributed by atoms with Gasteiger partial charge in [-0.05, 0) is 18.4 Å². The molecule has 1 aliphatic carbocycles. The zero-order chi connectivity index (χ0) is 14.2. The van der Waals surface area contributed by atoms with Gasteiger partial charge in [-0.15, -0.1) is 0 Å². The first-order valence-corrected chi connectivity index (χ1v) is 6.74. The van der Waals surface area contributed by atoms with Crippen LogP contribution in [0.4, 0.5) is 5.82 Å². The van der Waals surface area contributed by atoms with E-state index in [1.807, 2.05) is 30.3 Å². The summed E-state index contributed by atoms with van der Waals surface area (Å²) in [5.41, 5.74) is 6.75. The largest absolute Gasteiger partial charge is 0.389 e. The number of nitrogens with two attached hydrogens (primary N) is 1. The molecule has 1 saturated carbocycles. The third kappa shape index (κ3) is 2.08. The highest BCUT2D eigenvalue weighted by molar-refractivity contribution is 7.80. The van der Waals surface area contributed by atoms with Gasteiger partial charge in [0, 0.05) is 0 Å². The smallest absolute Gasteiger partial charge is 0.236 e. The predicted octanol–water partition coefficient (Wildman–Crippen LogP) is 1.71. The van der Waals surface area contributed by atoms with Gasteiger partial charge in [-0.3, -0.25) is 9.89 Å². The number of aromatic amines is 1. The topological polar surface area (TPSA) is 83.8 Å². The highest BCUT2D eigenvalue weighted by Crippen LogP contribution is 2.48. The fourth-order valence-electron chi connectivity index (χ4n) is 2.33. The Morgan fingerprint density at radius 3 is 2.65 bits per heavy atom. The number of carbonyl (C=O) groups excluding carboxylic acids is 1. The van der Waals surface area contributed by atoms with Crippen LogP contribution in [0.5, 0.6) is 0 Å². The van der Waals surface area contributed by atoms with E-state index in [1.165, 1.54) is 6.20 Å². The van der Waals surface area contributed by atoms with Gasteiger partial charge in [-0.2, -0.15) is 5.10 Å². The number of rotatable bonds is 4. The SMILES string of the molecule is NC(=S)c1cn[nH]c1NC(=O)C1(c2ccccc2)CC1. The molecule has 0 unspecified atom stereocenters. The average Bonchev–Trinajstić information content (AvgIpc) is 3.14. The van der Waals surface area contributed by atoms with Gasteiger partial charge in [0.05, 0.1) is 17.2 Å². The van der Waals surface area contributed by atoms with Crippen molar-refractivity contribution in [3.63, 3.8) is 0 Å². The van der Waals surface area contributed by atoms with Crippen molar-refractivity contribution in [3.05, 3.63) is 47.7 Å². The van der Waals surface area contributed by atoms with Crippen molar-refractivity contribution in [1.82, 2.24) is 10.2 Å². The molecule has 20 heavy (non-hydrogen) atoms. The van der Waals surface area contributed by atoms with Crippen molar-refractivity contribution in [3.8, 4) is 0 Å². The molecule has 1 aromatic carbocycles. The molecule has 0 bridgehead atoms. The molecule has 1 amide bonds. The number of hydrogen-bond donors (Lipinski definition) is 3. The zero-order valence-corrected chi connectivity index (χ0v) is 11.5. The molecule has 102 valence electrons. The Morgan fingerprint density at radius 2 is 2.05 bits per heavy atom. The second-order valence-corrected chi connectivity index (χ2v) is 5.37. The minimum absolute atomic E-state index is 0.0505. The highest BCUT2D eigenvalue weighted by atomic mass is 32.1. The summed E-state index contributed by atoms with van der Waals surface area (Å²) in [5, 5.41) is 9.43. The van der Waals surface area contributed by atoms with Crippen LogP contribution < -0.4 is 11.1 Å². The maximum absolute atomic E-state index is 12.5. The fourth-order valence-corrected chi connectivity index (χ4v) is 2.49. The van der Waals surface area contributed by atoms with Gasteiger partial charge in [0.1, 0.15) is 10.8 Å². The lowest BCUT2D eigenvalue weighted by molar-refractivity contribution is -0.118. The normalized spacial score (nSPS) is 15.6. The Labute approximate surface area is 121 Å². The van der Waals surface area contributed by atoms with Crippen LogP contribution in [0.3, 0.4) is 0 Å². The molecule has 3 rings (SSSR count). The fraction of sp³-hybridized carbons (Fsp3) is 0.214. The van der Waals surface area contributed by atoms with Crippen LogP contribution in [-0.4, -0.2) is 21.1 Å². The van der Waals surface area contributed by atoms with Gasteiger partial charge in [-0.1, -0.05) is 42.5 Å². The molecule has 0 saturated heterocycles. The number of benzene rings is 1. The van der Waals surface area contributed by atoms with Crippen LogP contribution in [0.25, 0.3) is 0 Å². The van der Waals surface area contributed by atoms with Crippen molar-refractivity contribution in [2.24, 2.45) is 5.73 Å². The number of aromatic nitrogens is 2. The second kappa shape index (κ2) is 4.72. The van der Waals surface area contributed by atoms with E-state index in [9.17, 15) is 4.79 Å². The lowest BCUT2D eigenvalue weighted by Gasteiger charge is -2.15. The van der Waals surface area contributed by atoms with Crippen molar-refractivity contribution in [2.45, 2.75) is 18.3 Å². The lowest BCUT2D eigenvalue weighted by atomic mass is 9.95. The summed E-state index contributed by atoms with van der Waals surface area (Å²) in [7, 11) is 0. The molecular weight excluding hydrogens is 272 g/mol. The van der Waals surface area contributed by atoms with E-state index < -0.39 is 5.41 Å². The maximum atomic E-state index is 12.5. The minimum Gasteiger partial charge on any atom is -0.389 e. The first-order valence-electron chi connectivity index (χ1n) is 6.34. The molecule has 2 aromatic rings. The average molecular weight is 286 g/mol. The van der Waals surface area contributed by atoms with Crippen LogP contribution >= 0.6 is 12.2 Å². The number of anilines is 1. The number of amides is 1. The monoisotopic (exact) mass is 286 g/mol. The van der Waals surface area contributed by atoms with Crippen LogP contribution in [0.2, 0.25) is 0 Å². The number of thiocarbonyl (C=S) groups is 1. The number of carbonyl (C=O) groups is 1. The zero-order valence-electron chi connectivity index (χ0n) is 10.7. The van der Waals surface area contributed by atoms with Gasteiger partial charge in [0.25, 0.3) is 0 Å². The molecule has 0 aliphatic heterocycles. The van der Waals surface area contributed by atoms with Crippen molar-refractivity contribution >= 4 is 28.9 Å². The summed E-state index contributed by atoms with van der Waals surface area (Å²) in [6.45, 7) is 0. The van der Waals surface area contributed by atoms with E-state index in [-0.39, 0.29) is 10.9 Å². The van der Waals surface area contributed by atoms with E-state index in [0.29, 0.717) is 11.4 Å². The summed E-state index contributed by atoms with van der Waals surface area (Å²) in [4.78, 5) is 12.7. The van der Waals surface area contributed by atoms with Crippen LogP contribution in [0.15, 0.2) is 36.5 Å². The van der Waals surface area contributed by atoms with Gasteiger partial charge < -0.3 is 11.1 Å². The van der Waals surface area contributed by atoms with E-state index >= 15 is 0 Å². The third-order valence-corrected chi connectivity index (χ3v) is 3.87. The first-order chi connectivity index (χ1) is 9.63. The van der Waals surface area contributed by atoms with Crippen LogP contribution in [0.1, 0.15) is 24.0 Å². The van der Waals surface area contributed by atoms with Gasteiger partial charge in [-0.25, -0.2) is 0 Å². The molecule has 5 nitrogen and oxygen atoms in total. The molecule has 1 aromatic heterocycles. The summed E-state index contributed by atoms with van der Waals surface area (Å²) >= 11 is 4.93. The standard InChI is InChI=1S/C14H14N4OS/c15-11(20)10-8-16-18-12(10)17-13(19)14(6-7-14)9-4-2-1-3-5-9/h1-5,8H,6-7H2,(H2,15,20)(H2,16,17,18,19). The minimum atomic E-state index is -0.431. The third-order valence-electron chi connectivity index (χ3n) is 3.65. The van der Waals surface area contributed by atoms with Crippen LogP contribution in [-0.2, 0) is 10.2 Å². The molecule has 0 radical (unpaired) electrons. The molecule has 1 fully saturated rings. The molecule has 4 N–H and O–H groups in total. The Bertz CT molecular complexity index is 661. The van der Waals surface area contributed by atoms with Crippen LogP contribution in [0, 0.1) is 0 Å². The molecule has 0 spiro atoms.